The average molecular weight is 319 g/mol. The summed E-state index contributed by atoms with van der Waals surface area (Å²) < 4.78 is 1.30. The molecule has 1 aliphatic carbocycles. The molecule has 0 nitrogen and oxygen atoms in total. The van der Waals surface area contributed by atoms with E-state index in [1.807, 2.05) is 0 Å². The SMILES string of the molecule is BrC1=CC(Br)CC(Br)C1. The monoisotopic (exact) mass is 316 g/mol. The molecule has 2 atom stereocenters. The summed E-state index contributed by atoms with van der Waals surface area (Å²) in [4.78, 5) is 1.19. The van der Waals surface area contributed by atoms with Crippen LogP contribution in [0, 0.1) is 0 Å². The third-order valence-electron chi connectivity index (χ3n) is 1.26. The van der Waals surface area contributed by atoms with Gasteiger partial charge in [-0.2, -0.15) is 0 Å². The fraction of sp³-hybridized carbons (Fsp3) is 0.667. The van der Waals surface area contributed by atoms with E-state index in [0.717, 1.165) is 6.42 Å². The maximum absolute atomic E-state index is 3.57. The summed E-state index contributed by atoms with van der Waals surface area (Å²) in [5, 5.41) is 0. The third kappa shape index (κ3) is 2.72. The molecule has 0 fully saturated rings. The molecule has 0 aromatic carbocycles. The average Bonchev–Trinajstić information content (AvgIpc) is 1.59. The lowest BCUT2D eigenvalue weighted by Gasteiger charge is -2.17. The van der Waals surface area contributed by atoms with E-state index in [-0.39, 0.29) is 0 Å². The highest BCUT2D eigenvalue weighted by Gasteiger charge is 2.16. The van der Waals surface area contributed by atoms with E-state index >= 15 is 0 Å². The molecule has 0 spiro atoms. The van der Waals surface area contributed by atoms with Crippen molar-refractivity contribution in [2.24, 2.45) is 0 Å². The van der Waals surface area contributed by atoms with Gasteiger partial charge in [0.15, 0.2) is 0 Å². The van der Waals surface area contributed by atoms with Crippen molar-refractivity contribution in [3.8, 4) is 0 Å². The van der Waals surface area contributed by atoms with Crippen LogP contribution in [0.2, 0.25) is 0 Å². The lowest BCUT2D eigenvalue weighted by atomic mass is 10.1. The topological polar surface area (TPSA) is 0 Å². The highest BCUT2D eigenvalue weighted by atomic mass is 79.9. The minimum Gasteiger partial charge on any atom is -0.0886 e. The Kier molecular flexibility index (Phi) is 3.25. The molecule has 1 aliphatic rings. The van der Waals surface area contributed by atoms with Crippen molar-refractivity contribution in [3.63, 3.8) is 0 Å². The smallest absolute Gasteiger partial charge is 0.0346 e. The van der Waals surface area contributed by atoms with Gasteiger partial charge in [-0.3, -0.25) is 0 Å². The molecule has 0 saturated carbocycles. The van der Waals surface area contributed by atoms with Crippen LogP contribution in [0.3, 0.4) is 0 Å². The molecule has 0 aromatic rings. The fourth-order valence-corrected chi connectivity index (χ4v) is 4.39. The summed E-state index contributed by atoms with van der Waals surface area (Å²) in [5.74, 6) is 0. The molecule has 0 amide bonds. The minimum atomic E-state index is 0.546. The first kappa shape index (κ1) is 8.28. The van der Waals surface area contributed by atoms with Crippen molar-refractivity contribution in [2.45, 2.75) is 22.5 Å². The van der Waals surface area contributed by atoms with Gasteiger partial charge in [0.2, 0.25) is 0 Å². The number of hydrogen-bond donors (Lipinski definition) is 0. The lowest BCUT2D eigenvalue weighted by molar-refractivity contribution is 0.772. The second-order valence-corrected chi connectivity index (χ2v) is 5.66. The molecule has 0 aromatic heterocycles. The molecule has 0 bridgehead atoms. The molecule has 1 rings (SSSR count). The van der Waals surface area contributed by atoms with Gasteiger partial charge in [0.1, 0.15) is 0 Å². The second kappa shape index (κ2) is 3.54. The Labute approximate surface area is 80.5 Å². The van der Waals surface area contributed by atoms with Gasteiger partial charge < -0.3 is 0 Å². The van der Waals surface area contributed by atoms with Gasteiger partial charge in [-0.05, 0) is 17.3 Å². The van der Waals surface area contributed by atoms with Crippen molar-refractivity contribution in [3.05, 3.63) is 10.6 Å². The summed E-state index contributed by atoms with van der Waals surface area (Å²) in [7, 11) is 0. The Morgan fingerprint density at radius 1 is 1.44 bits per heavy atom. The van der Waals surface area contributed by atoms with Crippen LogP contribution in [-0.4, -0.2) is 9.65 Å². The van der Waals surface area contributed by atoms with Crippen molar-refractivity contribution < 1.29 is 0 Å². The van der Waals surface area contributed by atoms with Gasteiger partial charge in [-0.25, -0.2) is 0 Å². The molecule has 9 heavy (non-hydrogen) atoms. The molecule has 0 aliphatic heterocycles. The first-order valence-corrected chi connectivity index (χ1v) is 5.45. The number of allylic oxidation sites excluding steroid dienone is 2. The predicted molar refractivity (Wildman–Crippen MR) is 51.7 cm³/mol. The van der Waals surface area contributed by atoms with Crippen LogP contribution in [0.25, 0.3) is 0 Å². The number of rotatable bonds is 0. The van der Waals surface area contributed by atoms with Gasteiger partial charge >= 0.3 is 0 Å². The van der Waals surface area contributed by atoms with Crippen LogP contribution in [-0.2, 0) is 0 Å². The van der Waals surface area contributed by atoms with Crippen molar-refractivity contribution >= 4 is 47.8 Å². The van der Waals surface area contributed by atoms with E-state index < -0.39 is 0 Å². The third-order valence-corrected chi connectivity index (χ3v) is 3.18. The second-order valence-electron chi connectivity index (χ2n) is 2.17. The summed E-state index contributed by atoms with van der Waals surface area (Å²) in [6.45, 7) is 0. The standard InChI is InChI=1S/C6H7Br3/c7-4-1-5(8)3-6(9)2-4/h1,4,6H,2-3H2. The van der Waals surface area contributed by atoms with Gasteiger partial charge in [0.05, 0.1) is 0 Å². The summed E-state index contributed by atoms with van der Waals surface area (Å²) in [6.07, 6.45) is 4.52. The first-order chi connectivity index (χ1) is 4.18. The Morgan fingerprint density at radius 3 is 2.56 bits per heavy atom. The van der Waals surface area contributed by atoms with E-state index in [2.05, 4.69) is 53.9 Å². The van der Waals surface area contributed by atoms with E-state index in [4.69, 9.17) is 0 Å². The van der Waals surface area contributed by atoms with Crippen LogP contribution in [0.15, 0.2) is 10.6 Å². The molecule has 0 radical (unpaired) electrons. The van der Waals surface area contributed by atoms with Crippen LogP contribution in [0.5, 0.6) is 0 Å². The molecule has 3 heteroatoms. The Morgan fingerprint density at radius 2 is 2.11 bits per heavy atom. The quantitative estimate of drug-likeness (QED) is 0.599. The van der Waals surface area contributed by atoms with Gasteiger partial charge in [-0.15, -0.1) is 0 Å². The van der Waals surface area contributed by atoms with Gasteiger partial charge in [0.25, 0.3) is 0 Å². The van der Waals surface area contributed by atoms with Crippen LogP contribution < -0.4 is 0 Å². The molecule has 0 saturated heterocycles. The number of halogens is 3. The predicted octanol–water partition coefficient (Wildman–Crippen LogP) is 3.59. The fourth-order valence-electron chi connectivity index (χ4n) is 0.872. The number of hydrogen-bond acceptors (Lipinski definition) is 0. The number of alkyl halides is 2. The summed E-state index contributed by atoms with van der Waals surface area (Å²) >= 11 is 10.6. The van der Waals surface area contributed by atoms with E-state index in [1.165, 1.54) is 10.9 Å². The van der Waals surface area contributed by atoms with Crippen molar-refractivity contribution in [1.29, 1.82) is 0 Å². The van der Waals surface area contributed by atoms with Gasteiger partial charge in [-0.1, -0.05) is 53.9 Å². The van der Waals surface area contributed by atoms with E-state index in [0.29, 0.717) is 9.65 Å². The van der Waals surface area contributed by atoms with Crippen LogP contribution in [0.1, 0.15) is 12.8 Å². The Bertz CT molecular complexity index is 130. The zero-order chi connectivity index (χ0) is 6.85. The van der Waals surface area contributed by atoms with Crippen molar-refractivity contribution in [1.82, 2.24) is 0 Å². The Balaban J connectivity index is 2.56. The highest BCUT2D eigenvalue weighted by Crippen LogP contribution is 2.30. The maximum atomic E-state index is 3.57. The molecule has 52 valence electrons. The zero-order valence-electron chi connectivity index (χ0n) is 4.78. The largest absolute Gasteiger partial charge is 0.0886 e. The molecule has 0 N–H and O–H groups in total. The maximum Gasteiger partial charge on any atom is 0.0346 e. The zero-order valence-corrected chi connectivity index (χ0v) is 9.54. The molecular formula is C6H7Br3. The van der Waals surface area contributed by atoms with E-state index in [1.54, 1.807) is 0 Å². The lowest BCUT2D eigenvalue weighted by Crippen LogP contribution is -2.10. The van der Waals surface area contributed by atoms with Gasteiger partial charge in [0, 0.05) is 9.65 Å². The normalized spacial score (nSPS) is 36.1. The van der Waals surface area contributed by atoms with Crippen molar-refractivity contribution in [2.75, 3.05) is 0 Å². The first-order valence-electron chi connectivity index (χ1n) is 2.83. The molecule has 0 heterocycles. The van der Waals surface area contributed by atoms with Crippen LogP contribution in [0.4, 0.5) is 0 Å². The summed E-state index contributed by atoms with van der Waals surface area (Å²) in [5.41, 5.74) is 0. The Hall–Kier alpha value is 1.18. The van der Waals surface area contributed by atoms with E-state index in [9.17, 15) is 0 Å². The molecule has 2 unspecified atom stereocenters. The minimum absolute atomic E-state index is 0.546. The highest BCUT2D eigenvalue weighted by molar-refractivity contribution is 9.12. The van der Waals surface area contributed by atoms with Crippen LogP contribution >= 0.6 is 47.8 Å². The molecular weight excluding hydrogens is 312 g/mol. The summed E-state index contributed by atoms with van der Waals surface area (Å²) in [6, 6.07) is 0.